The van der Waals surface area contributed by atoms with Gasteiger partial charge in [-0.2, -0.15) is 5.10 Å². The fourth-order valence-electron chi connectivity index (χ4n) is 1.14. The van der Waals surface area contributed by atoms with Crippen molar-refractivity contribution in [3.8, 4) is 0 Å². The SMILES string of the molecule is Nc1cncnc1NN=Cc1ccccc1. The largest absolute Gasteiger partial charge is 0.394 e. The summed E-state index contributed by atoms with van der Waals surface area (Å²) in [5.74, 6) is 0.502. The molecule has 2 aromatic rings. The monoisotopic (exact) mass is 213 g/mol. The molecule has 0 aliphatic rings. The summed E-state index contributed by atoms with van der Waals surface area (Å²) < 4.78 is 0. The lowest BCUT2D eigenvalue weighted by Gasteiger charge is -2.00. The summed E-state index contributed by atoms with van der Waals surface area (Å²) in [7, 11) is 0. The summed E-state index contributed by atoms with van der Waals surface area (Å²) >= 11 is 0. The zero-order valence-electron chi connectivity index (χ0n) is 8.54. The normalized spacial score (nSPS) is 10.5. The van der Waals surface area contributed by atoms with E-state index in [0.717, 1.165) is 5.56 Å². The molecular formula is C11H11N5. The molecule has 0 spiro atoms. The molecule has 0 saturated heterocycles. The van der Waals surface area contributed by atoms with Crippen LogP contribution in [0.1, 0.15) is 5.56 Å². The molecule has 0 atom stereocenters. The van der Waals surface area contributed by atoms with Crippen LogP contribution in [-0.2, 0) is 0 Å². The van der Waals surface area contributed by atoms with Crippen molar-refractivity contribution in [2.24, 2.45) is 5.10 Å². The van der Waals surface area contributed by atoms with Gasteiger partial charge < -0.3 is 5.73 Å². The van der Waals surface area contributed by atoms with Crippen LogP contribution in [0.5, 0.6) is 0 Å². The molecule has 0 bridgehead atoms. The van der Waals surface area contributed by atoms with Crippen LogP contribution >= 0.6 is 0 Å². The minimum atomic E-state index is 0.465. The Morgan fingerprint density at radius 2 is 2.06 bits per heavy atom. The molecular weight excluding hydrogens is 202 g/mol. The molecule has 0 saturated carbocycles. The molecule has 0 amide bonds. The predicted octanol–water partition coefficient (Wildman–Crippen LogP) is 1.50. The van der Waals surface area contributed by atoms with Gasteiger partial charge in [-0.25, -0.2) is 9.97 Å². The molecule has 0 radical (unpaired) electrons. The van der Waals surface area contributed by atoms with E-state index in [0.29, 0.717) is 11.5 Å². The standard InChI is InChI=1S/C11H11N5/c12-10-7-13-8-14-11(10)16-15-6-9-4-2-1-3-5-9/h1-8H,12H2,(H,13,14,16). The number of nitrogens with two attached hydrogens (primary N) is 1. The fourth-order valence-corrected chi connectivity index (χ4v) is 1.14. The molecule has 3 N–H and O–H groups in total. The molecule has 0 aliphatic carbocycles. The Morgan fingerprint density at radius 1 is 1.25 bits per heavy atom. The van der Waals surface area contributed by atoms with Crippen LogP contribution in [0.25, 0.3) is 0 Å². The van der Waals surface area contributed by atoms with E-state index in [9.17, 15) is 0 Å². The van der Waals surface area contributed by atoms with E-state index in [1.54, 1.807) is 6.21 Å². The first-order chi connectivity index (χ1) is 7.86. The molecule has 80 valence electrons. The van der Waals surface area contributed by atoms with Crippen LogP contribution in [0.3, 0.4) is 0 Å². The second-order valence-corrected chi connectivity index (χ2v) is 3.11. The van der Waals surface area contributed by atoms with Crippen LogP contribution < -0.4 is 11.2 Å². The highest BCUT2D eigenvalue weighted by atomic mass is 15.3. The number of anilines is 2. The second-order valence-electron chi connectivity index (χ2n) is 3.11. The summed E-state index contributed by atoms with van der Waals surface area (Å²) in [5, 5.41) is 4.03. The number of hydrogen-bond acceptors (Lipinski definition) is 5. The molecule has 1 aromatic heterocycles. The first-order valence-electron chi connectivity index (χ1n) is 4.76. The van der Waals surface area contributed by atoms with Crippen LogP contribution in [0, 0.1) is 0 Å². The van der Waals surface area contributed by atoms with E-state index in [4.69, 9.17) is 5.73 Å². The van der Waals surface area contributed by atoms with Crippen molar-refractivity contribution in [3.63, 3.8) is 0 Å². The number of nitrogens with zero attached hydrogens (tertiary/aromatic N) is 3. The Balaban J connectivity index is 2.03. The van der Waals surface area contributed by atoms with Gasteiger partial charge in [0.25, 0.3) is 0 Å². The minimum absolute atomic E-state index is 0.465. The summed E-state index contributed by atoms with van der Waals surface area (Å²) in [6.45, 7) is 0. The zero-order chi connectivity index (χ0) is 11.2. The van der Waals surface area contributed by atoms with Crippen molar-refractivity contribution in [1.29, 1.82) is 0 Å². The van der Waals surface area contributed by atoms with Gasteiger partial charge in [0.2, 0.25) is 0 Å². The van der Waals surface area contributed by atoms with Crippen LogP contribution in [-0.4, -0.2) is 16.2 Å². The Labute approximate surface area is 93.0 Å². The third kappa shape index (κ3) is 2.54. The highest BCUT2D eigenvalue weighted by Crippen LogP contribution is 2.10. The Hall–Kier alpha value is -2.43. The third-order valence-electron chi connectivity index (χ3n) is 1.92. The number of rotatable bonds is 3. The molecule has 16 heavy (non-hydrogen) atoms. The molecule has 0 fully saturated rings. The predicted molar refractivity (Wildman–Crippen MR) is 64.1 cm³/mol. The number of nitrogen functional groups attached to an aromatic ring is 1. The van der Waals surface area contributed by atoms with Crippen molar-refractivity contribution < 1.29 is 0 Å². The van der Waals surface area contributed by atoms with Crippen LogP contribution in [0.15, 0.2) is 48.0 Å². The zero-order valence-corrected chi connectivity index (χ0v) is 8.54. The lowest BCUT2D eigenvalue weighted by molar-refractivity contribution is 1.14. The molecule has 1 heterocycles. The number of nitrogens with one attached hydrogen (secondary N) is 1. The van der Waals surface area contributed by atoms with Gasteiger partial charge in [0.15, 0.2) is 5.82 Å². The first-order valence-corrected chi connectivity index (χ1v) is 4.76. The first kappa shape index (κ1) is 10.1. The molecule has 0 aliphatic heterocycles. The van der Waals surface area contributed by atoms with Gasteiger partial charge in [-0.1, -0.05) is 30.3 Å². The summed E-state index contributed by atoms with van der Waals surface area (Å²) in [4.78, 5) is 7.73. The van der Waals surface area contributed by atoms with Gasteiger partial charge in [0, 0.05) is 0 Å². The minimum Gasteiger partial charge on any atom is -0.394 e. The molecule has 0 unspecified atom stereocenters. The average Bonchev–Trinajstić information content (AvgIpc) is 2.33. The van der Waals surface area contributed by atoms with Crippen LogP contribution in [0.4, 0.5) is 11.5 Å². The highest BCUT2D eigenvalue weighted by Gasteiger charge is 1.95. The van der Waals surface area contributed by atoms with Crippen molar-refractivity contribution in [2.75, 3.05) is 11.2 Å². The van der Waals surface area contributed by atoms with Crippen molar-refractivity contribution in [1.82, 2.24) is 9.97 Å². The quantitative estimate of drug-likeness (QED) is 0.598. The second kappa shape index (κ2) is 4.88. The van der Waals surface area contributed by atoms with E-state index in [1.165, 1.54) is 12.5 Å². The fraction of sp³-hybridized carbons (Fsp3) is 0. The Kier molecular flexibility index (Phi) is 3.08. The lowest BCUT2D eigenvalue weighted by Crippen LogP contribution is -1.99. The molecule has 5 heteroatoms. The average molecular weight is 213 g/mol. The van der Waals surface area contributed by atoms with E-state index in [1.807, 2.05) is 30.3 Å². The van der Waals surface area contributed by atoms with Crippen molar-refractivity contribution >= 4 is 17.7 Å². The number of hydrogen-bond donors (Lipinski definition) is 2. The maximum Gasteiger partial charge on any atom is 0.172 e. The Bertz CT molecular complexity index is 481. The lowest BCUT2D eigenvalue weighted by atomic mass is 10.2. The van der Waals surface area contributed by atoms with E-state index in [-0.39, 0.29) is 0 Å². The van der Waals surface area contributed by atoms with Crippen molar-refractivity contribution in [3.05, 3.63) is 48.4 Å². The van der Waals surface area contributed by atoms with E-state index < -0.39 is 0 Å². The number of hydrazone groups is 1. The molecule has 1 aromatic carbocycles. The third-order valence-corrected chi connectivity index (χ3v) is 1.92. The van der Waals surface area contributed by atoms with Gasteiger partial charge in [-0.05, 0) is 5.56 Å². The summed E-state index contributed by atoms with van der Waals surface area (Å²) in [5.41, 5.74) is 9.86. The van der Waals surface area contributed by atoms with E-state index >= 15 is 0 Å². The van der Waals surface area contributed by atoms with Gasteiger partial charge in [-0.15, -0.1) is 0 Å². The number of aromatic nitrogens is 2. The highest BCUT2D eigenvalue weighted by molar-refractivity contribution is 5.80. The van der Waals surface area contributed by atoms with E-state index in [2.05, 4.69) is 20.5 Å². The molecule has 5 nitrogen and oxygen atoms in total. The smallest absolute Gasteiger partial charge is 0.172 e. The maximum absolute atomic E-state index is 5.64. The maximum atomic E-state index is 5.64. The number of benzene rings is 1. The Morgan fingerprint density at radius 3 is 2.81 bits per heavy atom. The van der Waals surface area contributed by atoms with Gasteiger partial charge in [0.05, 0.1) is 18.1 Å². The summed E-state index contributed by atoms with van der Waals surface area (Å²) in [6, 6.07) is 9.75. The van der Waals surface area contributed by atoms with Crippen molar-refractivity contribution in [2.45, 2.75) is 0 Å². The van der Waals surface area contributed by atoms with Gasteiger partial charge in [0.1, 0.15) is 6.33 Å². The topological polar surface area (TPSA) is 76.2 Å². The summed E-state index contributed by atoms with van der Waals surface area (Å²) in [6.07, 6.45) is 4.63. The van der Waals surface area contributed by atoms with Gasteiger partial charge >= 0.3 is 0 Å². The molecule has 2 rings (SSSR count). The van der Waals surface area contributed by atoms with Gasteiger partial charge in [-0.3, -0.25) is 5.43 Å². The van der Waals surface area contributed by atoms with Crippen LogP contribution in [0.2, 0.25) is 0 Å².